The zero-order valence-corrected chi connectivity index (χ0v) is 18.7. The lowest BCUT2D eigenvalue weighted by Crippen LogP contribution is -2.25. The predicted octanol–water partition coefficient (Wildman–Crippen LogP) is 4.50. The van der Waals surface area contributed by atoms with Crippen LogP contribution >= 0.6 is 0 Å². The minimum atomic E-state index is -0.172. The molecule has 4 heterocycles. The largest absolute Gasteiger partial charge is 0.497 e. The Kier molecular flexibility index (Phi) is 4.65. The lowest BCUT2D eigenvalue weighted by Gasteiger charge is -2.12. The van der Waals surface area contributed by atoms with Crippen molar-refractivity contribution in [1.82, 2.24) is 24.1 Å². The highest BCUT2D eigenvalue weighted by atomic mass is 16.5. The van der Waals surface area contributed by atoms with E-state index >= 15 is 0 Å². The van der Waals surface area contributed by atoms with Crippen molar-refractivity contribution in [2.75, 3.05) is 7.11 Å². The van der Waals surface area contributed by atoms with Crippen molar-refractivity contribution in [1.29, 1.82) is 0 Å². The van der Waals surface area contributed by atoms with Gasteiger partial charge in [-0.05, 0) is 36.4 Å². The summed E-state index contributed by atoms with van der Waals surface area (Å²) in [5.74, 6) is 2.04. The van der Waals surface area contributed by atoms with E-state index < -0.39 is 0 Å². The number of aryl methyl sites for hydroxylation is 1. The van der Waals surface area contributed by atoms with Gasteiger partial charge < -0.3 is 9.15 Å². The Morgan fingerprint density at radius 1 is 0.941 bits per heavy atom. The lowest BCUT2D eigenvalue weighted by atomic mass is 10.2. The van der Waals surface area contributed by atoms with E-state index in [4.69, 9.17) is 24.1 Å². The van der Waals surface area contributed by atoms with E-state index in [9.17, 15) is 4.79 Å². The SMILES string of the molecule is CCc1nc2c(c(=O)n1Cc1ccco1)c1nc3ccccc3nc1n2-c1cccc(OC)c1. The minimum Gasteiger partial charge on any atom is -0.497 e. The van der Waals surface area contributed by atoms with Crippen LogP contribution in [0.5, 0.6) is 5.75 Å². The average molecular weight is 451 g/mol. The zero-order valence-electron chi connectivity index (χ0n) is 18.7. The second kappa shape index (κ2) is 7.84. The molecule has 0 spiro atoms. The highest BCUT2D eigenvalue weighted by Gasteiger charge is 2.23. The third kappa shape index (κ3) is 3.07. The Morgan fingerprint density at radius 2 is 1.76 bits per heavy atom. The number of hydrogen-bond donors (Lipinski definition) is 0. The van der Waals surface area contributed by atoms with Crippen LogP contribution in [0.2, 0.25) is 0 Å². The van der Waals surface area contributed by atoms with Crippen LogP contribution in [0.15, 0.2) is 76.1 Å². The first-order valence-electron chi connectivity index (χ1n) is 11.1. The molecule has 0 aliphatic carbocycles. The smallest absolute Gasteiger partial charge is 0.265 e. The summed E-state index contributed by atoms with van der Waals surface area (Å²) in [6.07, 6.45) is 2.18. The van der Waals surface area contributed by atoms with Gasteiger partial charge in [0.15, 0.2) is 11.3 Å². The molecule has 0 unspecified atom stereocenters. The minimum absolute atomic E-state index is 0.172. The number of para-hydroxylation sites is 2. The Bertz CT molecular complexity index is 1730. The van der Waals surface area contributed by atoms with Gasteiger partial charge in [-0.1, -0.05) is 25.1 Å². The van der Waals surface area contributed by atoms with E-state index in [1.54, 1.807) is 17.9 Å². The Morgan fingerprint density at radius 3 is 2.50 bits per heavy atom. The van der Waals surface area contributed by atoms with Crippen LogP contribution in [0.25, 0.3) is 38.9 Å². The van der Waals surface area contributed by atoms with Gasteiger partial charge >= 0.3 is 0 Å². The normalized spacial score (nSPS) is 11.6. The molecular formula is C26H21N5O3. The van der Waals surface area contributed by atoms with Gasteiger partial charge in [0.25, 0.3) is 5.56 Å². The molecule has 0 N–H and O–H groups in total. The number of fused-ring (bicyclic) bond motifs is 4. The van der Waals surface area contributed by atoms with E-state index in [0.717, 1.165) is 16.7 Å². The van der Waals surface area contributed by atoms with Crippen molar-refractivity contribution < 1.29 is 9.15 Å². The Labute approximate surface area is 194 Å². The van der Waals surface area contributed by atoms with Gasteiger partial charge in [0, 0.05) is 12.5 Å². The average Bonchev–Trinajstić information content (AvgIpc) is 3.49. The van der Waals surface area contributed by atoms with Crippen molar-refractivity contribution >= 4 is 33.2 Å². The van der Waals surface area contributed by atoms with Crippen LogP contribution in [-0.2, 0) is 13.0 Å². The zero-order chi connectivity index (χ0) is 23.2. The summed E-state index contributed by atoms with van der Waals surface area (Å²) in [6.45, 7) is 2.28. The molecule has 0 aliphatic heterocycles. The van der Waals surface area contributed by atoms with Crippen LogP contribution < -0.4 is 10.3 Å². The van der Waals surface area contributed by atoms with Crippen molar-refractivity contribution in [3.8, 4) is 11.4 Å². The third-order valence-corrected chi connectivity index (χ3v) is 5.96. The number of hydrogen-bond acceptors (Lipinski definition) is 6. The quantitative estimate of drug-likeness (QED) is 0.384. The number of furan rings is 1. The first-order chi connectivity index (χ1) is 16.7. The molecule has 168 valence electrons. The fourth-order valence-corrected chi connectivity index (χ4v) is 4.36. The summed E-state index contributed by atoms with van der Waals surface area (Å²) in [7, 11) is 1.62. The molecule has 0 fully saturated rings. The van der Waals surface area contributed by atoms with Crippen molar-refractivity contribution in [2.24, 2.45) is 0 Å². The van der Waals surface area contributed by atoms with E-state index in [1.807, 2.05) is 72.2 Å². The van der Waals surface area contributed by atoms with Crippen LogP contribution in [-0.4, -0.2) is 31.2 Å². The fourth-order valence-electron chi connectivity index (χ4n) is 4.36. The van der Waals surface area contributed by atoms with Gasteiger partial charge in [-0.3, -0.25) is 13.9 Å². The molecule has 0 bridgehead atoms. The summed E-state index contributed by atoms with van der Waals surface area (Å²) in [6, 6.07) is 18.9. The van der Waals surface area contributed by atoms with Gasteiger partial charge in [0.2, 0.25) is 0 Å². The molecule has 0 aliphatic rings. The molecule has 0 atom stereocenters. The number of nitrogens with zero attached hydrogens (tertiary/aromatic N) is 5. The first-order valence-corrected chi connectivity index (χ1v) is 11.1. The summed E-state index contributed by atoms with van der Waals surface area (Å²) < 4.78 is 14.5. The summed E-state index contributed by atoms with van der Waals surface area (Å²) in [5.41, 5.74) is 3.70. The maximum atomic E-state index is 13.9. The maximum absolute atomic E-state index is 13.9. The fraction of sp³-hybridized carbons (Fsp3) is 0.154. The number of aromatic nitrogens is 5. The summed E-state index contributed by atoms with van der Waals surface area (Å²) >= 11 is 0. The van der Waals surface area contributed by atoms with E-state index in [1.165, 1.54) is 0 Å². The van der Waals surface area contributed by atoms with Crippen LogP contribution in [0.3, 0.4) is 0 Å². The van der Waals surface area contributed by atoms with Gasteiger partial charge in [-0.25, -0.2) is 15.0 Å². The number of ether oxygens (including phenoxy) is 1. The van der Waals surface area contributed by atoms with Crippen LogP contribution in [0.4, 0.5) is 0 Å². The second-order valence-electron chi connectivity index (χ2n) is 7.97. The molecule has 0 radical (unpaired) electrons. The highest BCUT2D eigenvalue weighted by molar-refractivity contribution is 6.05. The number of methoxy groups -OCH3 is 1. The Hall–Kier alpha value is -4.46. The van der Waals surface area contributed by atoms with Gasteiger partial charge in [-0.2, -0.15) is 0 Å². The number of benzene rings is 2. The lowest BCUT2D eigenvalue weighted by molar-refractivity contribution is 0.414. The topological polar surface area (TPSA) is 88.0 Å². The molecule has 8 heteroatoms. The van der Waals surface area contributed by atoms with E-state index in [2.05, 4.69) is 0 Å². The molecule has 4 aromatic heterocycles. The first kappa shape index (κ1) is 20.2. The second-order valence-corrected chi connectivity index (χ2v) is 7.97. The molecule has 8 nitrogen and oxygen atoms in total. The van der Waals surface area contributed by atoms with Gasteiger partial charge in [-0.15, -0.1) is 0 Å². The summed E-state index contributed by atoms with van der Waals surface area (Å²) in [4.78, 5) is 28.6. The number of rotatable bonds is 5. The molecule has 0 saturated carbocycles. The van der Waals surface area contributed by atoms with Crippen LogP contribution in [0.1, 0.15) is 18.5 Å². The van der Waals surface area contributed by atoms with E-state index in [0.29, 0.717) is 52.5 Å². The molecular weight excluding hydrogens is 430 g/mol. The van der Waals surface area contributed by atoms with Gasteiger partial charge in [0.05, 0.1) is 36.6 Å². The molecule has 34 heavy (non-hydrogen) atoms. The van der Waals surface area contributed by atoms with Crippen molar-refractivity contribution in [3.05, 3.63) is 88.9 Å². The third-order valence-electron chi connectivity index (χ3n) is 5.96. The van der Waals surface area contributed by atoms with Crippen molar-refractivity contribution in [3.63, 3.8) is 0 Å². The molecule has 0 amide bonds. The monoisotopic (exact) mass is 451 g/mol. The summed E-state index contributed by atoms with van der Waals surface area (Å²) in [5, 5.41) is 0.430. The van der Waals surface area contributed by atoms with Crippen LogP contribution in [0, 0.1) is 0 Å². The maximum Gasteiger partial charge on any atom is 0.265 e. The Balaban J connectivity index is 1.76. The molecule has 0 saturated heterocycles. The molecule has 2 aromatic carbocycles. The van der Waals surface area contributed by atoms with E-state index in [-0.39, 0.29) is 5.56 Å². The van der Waals surface area contributed by atoms with Gasteiger partial charge in [0.1, 0.15) is 28.2 Å². The predicted molar refractivity (Wildman–Crippen MR) is 130 cm³/mol. The van der Waals surface area contributed by atoms with Crippen molar-refractivity contribution in [2.45, 2.75) is 19.9 Å². The highest BCUT2D eigenvalue weighted by Crippen LogP contribution is 2.30. The molecule has 6 rings (SSSR count). The standard InChI is InChI=1S/C26H21N5O3/c1-3-21-29-24-22(26(32)30(21)15-18-10-7-13-34-18)23-25(28-20-12-5-4-11-19(20)27-23)31(24)16-8-6-9-17(14-16)33-2/h4-14H,3,15H2,1-2H3. The molecule has 6 aromatic rings.